The fourth-order valence-corrected chi connectivity index (χ4v) is 2.33. The first kappa shape index (κ1) is 15.4. The highest BCUT2D eigenvalue weighted by atomic mass is 16.5. The van der Waals surface area contributed by atoms with Gasteiger partial charge in [-0.3, -0.25) is 4.79 Å². The number of nitrogens with two attached hydrogens (primary N) is 1. The summed E-state index contributed by atoms with van der Waals surface area (Å²) in [5, 5.41) is 9.23. The van der Waals surface area contributed by atoms with Crippen molar-refractivity contribution in [3.63, 3.8) is 0 Å². The first-order chi connectivity index (χ1) is 8.33. The van der Waals surface area contributed by atoms with Gasteiger partial charge in [-0.2, -0.15) is 0 Å². The molecule has 1 fully saturated rings. The average Bonchev–Trinajstić information content (AvgIpc) is 2.26. The molecule has 0 aliphatic carbocycles. The van der Waals surface area contributed by atoms with Crippen molar-refractivity contribution in [1.82, 2.24) is 4.90 Å². The summed E-state index contributed by atoms with van der Waals surface area (Å²) in [6.07, 6.45) is 1.15. The quantitative estimate of drug-likeness (QED) is 0.763. The Labute approximate surface area is 109 Å². The van der Waals surface area contributed by atoms with Gasteiger partial charge in [-0.25, -0.2) is 0 Å². The molecule has 5 heteroatoms. The molecule has 18 heavy (non-hydrogen) atoms. The number of nitrogens with zero attached hydrogens (tertiary/aromatic N) is 1. The molecule has 2 atom stereocenters. The molecule has 106 valence electrons. The lowest BCUT2D eigenvalue weighted by molar-refractivity contribution is -0.142. The Hall–Kier alpha value is -0.650. The maximum Gasteiger partial charge on any atom is 0.224 e. The predicted molar refractivity (Wildman–Crippen MR) is 70.1 cm³/mol. The van der Waals surface area contributed by atoms with Crippen LogP contribution in [0.4, 0.5) is 0 Å². The van der Waals surface area contributed by atoms with Crippen molar-refractivity contribution >= 4 is 5.91 Å². The zero-order chi connectivity index (χ0) is 13.8. The minimum Gasteiger partial charge on any atom is -0.394 e. The first-order valence-electron chi connectivity index (χ1n) is 6.57. The number of ether oxygens (including phenoxy) is 1. The van der Waals surface area contributed by atoms with Crippen molar-refractivity contribution in [3.8, 4) is 0 Å². The molecule has 1 amide bonds. The van der Waals surface area contributed by atoms with Gasteiger partial charge in [0.05, 0.1) is 25.9 Å². The molecule has 0 aromatic rings. The van der Waals surface area contributed by atoms with Gasteiger partial charge < -0.3 is 20.5 Å². The second-order valence-electron chi connectivity index (χ2n) is 6.23. The van der Waals surface area contributed by atoms with Gasteiger partial charge in [-0.15, -0.1) is 0 Å². The summed E-state index contributed by atoms with van der Waals surface area (Å²) in [6.45, 7) is 7.79. The highest BCUT2D eigenvalue weighted by molar-refractivity contribution is 5.77. The topological polar surface area (TPSA) is 75.8 Å². The van der Waals surface area contributed by atoms with Crippen LogP contribution in [0.15, 0.2) is 0 Å². The molecular weight excluding hydrogens is 232 g/mol. The maximum absolute atomic E-state index is 12.1. The summed E-state index contributed by atoms with van der Waals surface area (Å²) >= 11 is 0. The van der Waals surface area contributed by atoms with Crippen molar-refractivity contribution in [2.45, 2.75) is 45.7 Å². The minimum atomic E-state index is -0.215. The number of hydrogen-bond acceptors (Lipinski definition) is 4. The zero-order valence-corrected chi connectivity index (χ0v) is 11.7. The zero-order valence-electron chi connectivity index (χ0n) is 11.7. The molecule has 1 heterocycles. The van der Waals surface area contributed by atoms with E-state index >= 15 is 0 Å². The lowest BCUT2D eigenvalue weighted by Crippen LogP contribution is -2.51. The third kappa shape index (κ3) is 4.92. The van der Waals surface area contributed by atoms with Gasteiger partial charge in [0.2, 0.25) is 5.91 Å². The van der Waals surface area contributed by atoms with Crippen LogP contribution in [-0.4, -0.2) is 54.4 Å². The molecule has 0 radical (unpaired) electrons. The molecule has 0 aromatic carbocycles. The number of hydrogen-bond donors (Lipinski definition) is 2. The van der Waals surface area contributed by atoms with E-state index in [1.807, 2.05) is 0 Å². The summed E-state index contributed by atoms with van der Waals surface area (Å²) < 4.78 is 5.25. The number of morpholine rings is 1. The van der Waals surface area contributed by atoms with E-state index in [0.717, 1.165) is 6.42 Å². The lowest BCUT2D eigenvalue weighted by Gasteiger charge is -2.35. The smallest absolute Gasteiger partial charge is 0.224 e. The molecule has 0 aromatic heterocycles. The van der Waals surface area contributed by atoms with Crippen LogP contribution in [0.5, 0.6) is 0 Å². The van der Waals surface area contributed by atoms with Gasteiger partial charge >= 0.3 is 0 Å². The predicted octanol–water partition coefficient (Wildman–Crippen LogP) is 0.360. The van der Waals surface area contributed by atoms with Crippen LogP contribution in [0.25, 0.3) is 0 Å². The monoisotopic (exact) mass is 258 g/mol. The third-order valence-electron chi connectivity index (χ3n) is 3.07. The standard InChI is InChI=1S/C13H26N2O3/c1-13(2,3)7-10(14)6-12(17)15-4-5-18-9-11(15)8-16/h10-11,16H,4-9,14H2,1-3H3. The Balaban J connectivity index is 2.48. The largest absolute Gasteiger partial charge is 0.394 e. The van der Waals surface area contributed by atoms with Crippen LogP contribution < -0.4 is 5.73 Å². The fraction of sp³-hybridized carbons (Fsp3) is 0.923. The molecule has 1 saturated heterocycles. The summed E-state index contributed by atoms with van der Waals surface area (Å²) in [5.41, 5.74) is 6.14. The number of aliphatic hydroxyl groups is 1. The number of carbonyl (C=O) groups excluding carboxylic acids is 1. The summed E-state index contributed by atoms with van der Waals surface area (Å²) in [4.78, 5) is 13.8. The van der Waals surface area contributed by atoms with Crippen molar-refractivity contribution < 1.29 is 14.6 Å². The van der Waals surface area contributed by atoms with Gasteiger partial charge in [0.15, 0.2) is 0 Å². The van der Waals surface area contributed by atoms with Gasteiger partial charge in [0.1, 0.15) is 0 Å². The fourth-order valence-electron chi connectivity index (χ4n) is 2.33. The highest BCUT2D eigenvalue weighted by Crippen LogP contribution is 2.21. The van der Waals surface area contributed by atoms with Gasteiger partial charge in [0, 0.05) is 19.0 Å². The number of amides is 1. The molecule has 5 nitrogen and oxygen atoms in total. The van der Waals surface area contributed by atoms with E-state index in [9.17, 15) is 9.90 Å². The normalized spacial score (nSPS) is 22.9. The van der Waals surface area contributed by atoms with Gasteiger partial charge in [0.25, 0.3) is 0 Å². The van der Waals surface area contributed by atoms with E-state index < -0.39 is 0 Å². The highest BCUT2D eigenvalue weighted by Gasteiger charge is 2.28. The van der Waals surface area contributed by atoms with Crippen LogP contribution in [0.1, 0.15) is 33.6 Å². The first-order valence-corrected chi connectivity index (χ1v) is 6.57. The number of rotatable bonds is 4. The molecule has 0 spiro atoms. The van der Waals surface area contributed by atoms with Gasteiger partial charge in [-0.05, 0) is 11.8 Å². The lowest BCUT2D eigenvalue weighted by atomic mass is 9.87. The molecular formula is C13H26N2O3. The summed E-state index contributed by atoms with van der Waals surface area (Å²) in [5.74, 6) is 0.0223. The van der Waals surface area contributed by atoms with Crippen molar-refractivity contribution in [1.29, 1.82) is 0 Å². The Morgan fingerprint density at radius 1 is 1.56 bits per heavy atom. The second kappa shape index (κ2) is 6.50. The number of carbonyl (C=O) groups is 1. The molecule has 2 unspecified atom stereocenters. The molecule has 1 aliphatic heterocycles. The van der Waals surface area contributed by atoms with Crippen molar-refractivity contribution in [2.24, 2.45) is 11.1 Å². The van der Waals surface area contributed by atoms with Crippen LogP contribution in [0, 0.1) is 5.41 Å². The third-order valence-corrected chi connectivity index (χ3v) is 3.07. The van der Waals surface area contributed by atoms with E-state index in [0.29, 0.717) is 26.2 Å². The number of aliphatic hydroxyl groups excluding tert-OH is 1. The van der Waals surface area contributed by atoms with E-state index in [1.165, 1.54) is 0 Å². The molecule has 1 rings (SSSR count). The van der Waals surface area contributed by atoms with Crippen LogP contribution in [0.2, 0.25) is 0 Å². The molecule has 0 saturated carbocycles. The minimum absolute atomic E-state index is 0.0223. The van der Waals surface area contributed by atoms with E-state index in [1.54, 1.807) is 4.90 Å². The Morgan fingerprint density at radius 2 is 2.22 bits per heavy atom. The van der Waals surface area contributed by atoms with Crippen LogP contribution in [0.3, 0.4) is 0 Å². The molecule has 3 N–H and O–H groups in total. The SMILES string of the molecule is CC(C)(C)CC(N)CC(=O)N1CCOCC1CO. The summed E-state index contributed by atoms with van der Waals surface area (Å²) in [7, 11) is 0. The van der Waals surface area contributed by atoms with E-state index in [4.69, 9.17) is 10.5 Å². The second-order valence-corrected chi connectivity index (χ2v) is 6.23. The van der Waals surface area contributed by atoms with E-state index in [-0.39, 0.29) is 30.0 Å². The Morgan fingerprint density at radius 3 is 2.78 bits per heavy atom. The van der Waals surface area contributed by atoms with Crippen LogP contribution >= 0.6 is 0 Å². The average molecular weight is 258 g/mol. The maximum atomic E-state index is 12.1. The Kier molecular flexibility index (Phi) is 5.56. The molecule has 1 aliphatic rings. The van der Waals surface area contributed by atoms with Crippen molar-refractivity contribution in [3.05, 3.63) is 0 Å². The molecule has 0 bridgehead atoms. The van der Waals surface area contributed by atoms with E-state index in [2.05, 4.69) is 20.8 Å². The van der Waals surface area contributed by atoms with Crippen molar-refractivity contribution in [2.75, 3.05) is 26.4 Å². The summed E-state index contributed by atoms with van der Waals surface area (Å²) in [6, 6.07) is -0.340. The van der Waals surface area contributed by atoms with Gasteiger partial charge in [-0.1, -0.05) is 20.8 Å². The van der Waals surface area contributed by atoms with Crippen LogP contribution in [-0.2, 0) is 9.53 Å². The Bertz CT molecular complexity index is 276.